The Labute approximate surface area is 127 Å². The quantitative estimate of drug-likeness (QED) is 0.928. The molecule has 1 aliphatic heterocycles. The number of rotatable bonds is 3. The number of nitrogens with zero attached hydrogens (tertiary/aromatic N) is 1. The Bertz CT molecular complexity index is 498. The van der Waals surface area contributed by atoms with E-state index in [-0.39, 0.29) is 12.5 Å². The molecular formula is C18H25NO2. The van der Waals surface area contributed by atoms with Crippen LogP contribution >= 0.6 is 0 Å². The Hall–Kier alpha value is -1.35. The number of carbonyl (C=O) groups excluding carboxylic acids is 1. The molecule has 1 fully saturated rings. The molecule has 1 N–H and O–H groups in total. The molecule has 2 aliphatic rings. The normalized spacial score (nSPS) is 25.5. The molecule has 1 saturated heterocycles. The Morgan fingerprint density at radius 3 is 2.95 bits per heavy atom. The molecule has 3 heteroatoms. The average Bonchev–Trinajstić information content (AvgIpc) is 2.54. The molecule has 0 radical (unpaired) electrons. The summed E-state index contributed by atoms with van der Waals surface area (Å²) in [6, 6.07) is 8.42. The number of piperidine rings is 1. The number of carbonyl (C=O) groups is 1. The molecule has 0 bridgehead atoms. The first-order valence-corrected chi connectivity index (χ1v) is 8.27. The van der Waals surface area contributed by atoms with Gasteiger partial charge in [-0.05, 0) is 55.6 Å². The fourth-order valence-electron chi connectivity index (χ4n) is 3.91. The van der Waals surface area contributed by atoms with Crippen molar-refractivity contribution in [3.8, 4) is 0 Å². The van der Waals surface area contributed by atoms with Crippen molar-refractivity contribution < 1.29 is 9.90 Å². The van der Waals surface area contributed by atoms with E-state index in [4.69, 9.17) is 5.11 Å². The molecule has 1 aromatic carbocycles. The van der Waals surface area contributed by atoms with Crippen LogP contribution in [0.25, 0.3) is 0 Å². The lowest BCUT2D eigenvalue weighted by Crippen LogP contribution is -2.43. The fraction of sp³-hybridized carbons (Fsp3) is 0.611. The number of aliphatic hydroxyl groups excluding tert-OH is 1. The van der Waals surface area contributed by atoms with Gasteiger partial charge in [0.2, 0.25) is 5.91 Å². The number of hydrogen-bond acceptors (Lipinski definition) is 2. The zero-order chi connectivity index (χ0) is 14.7. The van der Waals surface area contributed by atoms with Gasteiger partial charge >= 0.3 is 0 Å². The molecule has 21 heavy (non-hydrogen) atoms. The van der Waals surface area contributed by atoms with Crippen LogP contribution in [-0.2, 0) is 11.2 Å². The van der Waals surface area contributed by atoms with Gasteiger partial charge in [0.1, 0.15) is 0 Å². The summed E-state index contributed by atoms with van der Waals surface area (Å²) in [5.41, 5.74) is 2.60. The van der Waals surface area contributed by atoms with Crippen LogP contribution in [0.15, 0.2) is 24.3 Å². The predicted molar refractivity (Wildman–Crippen MR) is 83.1 cm³/mol. The van der Waals surface area contributed by atoms with E-state index in [1.54, 1.807) is 0 Å². The van der Waals surface area contributed by atoms with Crippen LogP contribution in [0.5, 0.6) is 0 Å². The average molecular weight is 287 g/mol. The van der Waals surface area contributed by atoms with Gasteiger partial charge in [-0.1, -0.05) is 24.3 Å². The highest BCUT2D eigenvalue weighted by molar-refractivity contribution is 5.84. The Morgan fingerprint density at radius 2 is 2.10 bits per heavy atom. The summed E-state index contributed by atoms with van der Waals surface area (Å²) in [6.07, 6.45) is 6.24. The molecule has 1 aliphatic carbocycles. The summed E-state index contributed by atoms with van der Waals surface area (Å²) in [4.78, 5) is 15.0. The molecule has 1 heterocycles. The van der Waals surface area contributed by atoms with E-state index in [1.165, 1.54) is 11.1 Å². The van der Waals surface area contributed by atoms with Gasteiger partial charge in [-0.3, -0.25) is 4.79 Å². The zero-order valence-electron chi connectivity index (χ0n) is 12.6. The lowest BCUT2D eigenvalue weighted by molar-refractivity contribution is -0.135. The number of aryl methyl sites for hydroxylation is 1. The Kier molecular flexibility index (Phi) is 4.59. The Balaban J connectivity index is 1.74. The van der Waals surface area contributed by atoms with E-state index in [0.29, 0.717) is 11.8 Å². The van der Waals surface area contributed by atoms with E-state index in [2.05, 4.69) is 29.2 Å². The van der Waals surface area contributed by atoms with E-state index >= 15 is 0 Å². The summed E-state index contributed by atoms with van der Waals surface area (Å²) in [7, 11) is 0. The predicted octanol–water partition coefficient (Wildman–Crippen LogP) is 2.73. The van der Waals surface area contributed by atoms with Crippen LogP contribution in [0.3, 0.4) is 0 Å². The van der Waals surface area contributed by atoms with Crippen LogP contribution in [-0.4, -0.2) is 35.6 Å². The number of aliphatic hydroxyl groups is 1. The lowest BCUT2D eigenvalue weighted by Gasteiger charge is -2.36. The minimum Gasteiger partial charge on any atom is -0.396 e. The third-order valence-electron chi connectivity index (χ3n) is 5.04. The van der Waals surface area contributed by atoms with Crippen molar-refractivity contribution in [2.75, 3.05) is 19.7 Å². The molecular weight excluding hydrogens is 262 g/mol. The first-order valence-electron chi connectivity index (χ1n) is 8.27. The van der Waals surface area contributed by atoms with Crippen molar-refractivity contribution in [1.82, 2.24) is 4.90 Å². The summed E-state index contributed by atoms with van der Waals surface area (Å²) in [5, 5.41) is 9.12. The number of benzene rings is 1. The first-order chi connectivity index (χ1) is 10.3. The highest BCUT2D eigenvalue weighted by Gasteiger charge is 2.32. The second-order valence-corrected chi connectivity index (χ2v) is 6.45. The van der Waals surface area contributed by atoms with Crippen molar-refractivity contribution in [3.63, 3.8) is 0 Å². The monoisotopic (exact) mass is 287 g/mol. The lowest BCUT2D eigenvalue weighted by atomic mass is 9.81. The van der Waals surface area contributed by atoms with Crippen molar-refractivity contribution >= 4 is 5.91 Å². The van der Waals surface area contributed by atoms with Gasteiger partial charge in [-0.2, -0.15) is 0 Å². The first kappa shape index (κ1) is 14.6. The van der Waals surface area contributed by atoms with E-state index < -0.39 is 0 Å². The topological polar surface area (TPSA) is 40.5 Å². The largest absolute Gasteiger partial charge is 0.396 e. The molecule has 0 aromatic heterocycles. The van der Waals surface area contributed by atoms with Crippen LogP contribution in [0.1, 0.15) is 49.1 Å². The van der Waals surface area contributed by atoms with Crippen LogP contribution in [0, 0.1) is 5.92 Å². The molecule has 0 spiro atoms. The molecule has 2 atom stereocenters. The van der Waals surface area contributed by atoms with Gasteiger partial charge in [-0.15, -0.1) is 0 Å². The highest BCUT2D eigenvalue weighted by Crippen LogP contribution is 2.34. The van der Waals surface area contributed by atoms with Gasteiger partial charge in [0, 0.05) is 19.7 Å². The summed E-state index contributed by atoms with van der Waals surface area (Å²) >= 11 is 0. The second-order valence-electron chi connectivity index (χ2n) is 6.45. The van der Waals surface area contributed by atoms with Crippen molar-refractivity contribution in [2.45, 2.75) is 44.4 Å². The van der Waals surface area contributed by atoms with E-state index in [9.17, 15) is 4.79 Å². The number of likely N-dealkylation sites (tertiary alicyclic amines) is 1. The van der Waals surface area contributed by atoms with Gasteiger partial charge in [-0.25, -0.2) is 0 Å². The molecule has 3 nitrogen and oxygen atoms in total. The molecule has 2 unspecified atom stereocenters. The molecule has 3 rings (SSSR count). The zero-order valence-corrected chi connectivity index (χ0v) is 12.6. The molecule has 1 amide bonds. The number of fused-ring (bicyclic) bond motifs is 1. The minimum absolute atomic E-state index is 0.0582. The molecule has 1 aromatic rings. The van der Waals surface area contributed by atoms with Gasteiger partial charge in [0.05, 0.1) is 5.92 Å². The minimum atomic E-state index is 0.0582. The maximum absolute atomic E-state index is 12.9. The third-order valence-corrected chi connectivity index (χ3v) is 5.04. The molecule has 114 valence electrons. The van der Waals surface area contributed by atoms with Crippen molar-refractivity contribution in [2.24, 2.45) is 5.92 Å². The van der Waals surface area contributed by atoms with Crippen LogP contribution in [0.2, 0.25) is 0 Å². The standard InChI is InChI=1S/C18H25NO2/c20-12-10-14-5-4-11-19(13-14)18(21)17-9-3-7-15-6-1-2-8-16(15)17/h1-2,6,8,14,17,20H,3-5,7,9-13H2. The van der Waals surface area contributed by atoms with Gasteiger partial charge in [0.25, 0.3) is 0 Å². The van der Waals surface area contributed by atoms with Gasteiger partial charge in [0.15, 0.2) is 0 Å². The van der Waals surface area contributed by atoms with Crippen molar-refractivity contribution in [1.29, 1.82) is 0 Å². The van der Waals surface area contributed by atoms with E-state index in [1.807, 2.05) is 0 Å². The second kappa shape index (κ2) is 6.61. The maximum Gasteiger partial charge on any atom is 0.230 e. The van der Waals surface area contributed by atoms with Gasteiger partial charge < -0.3 is 10.0 Å². The third kappa shape index (κ3) is 3.13. The number of hydrogen-bond donors (Lipinski definition) is 1. The van der Waals surface area contributed by atoms with Crippen LogP contribution < -0.4 is 0 Å². The smallest absolute Gasteiger partial charge is 0.230 e. The highest BCUT2D eigenvalue weighted by atomic mass is 16.3. The van der Waals surface area contributed by atoms with Crippen molar-refractivity contribution in [3.05, 3.63) is 35.4 Å². The fourth-order valence-corrected chi connectivity index (χ4v) is 3.91. The number of amides is 1. The molecule has 0 saturated carbocycles. The van der Waals surface area contributed by atoms with Crippen LogP contribution in [0.4, 0.5) is 0 Å². The summed E-state index contributed by atoms with van der Waals surface area (Å²) < 4.78 is 0. The van der Waals surface area contributed by atoms with E-state index in [0.717, 1.165) is 51.6 Å². The maximum atomic E-state index is 12.9. The summed E-state index contributed by atoms with van der Waals surface area (Å²) in [5.74, 6) is 0.846. The summed E-state index contributed by atoms with van der Waals surface area (Å²) in [6.45, 7) is 1.95. The Morgan fingerprint density at radius 1 is 1.24 bits per heavy atom. The SMILES string of the molecule is O=C(C1CCCc2ccccc21)N1CCCC(CCO)C1.